The van der Waals surface area contributed by atoms with E-state index in [1.807, 2.05) is 0 Å². The van der Waals surface area contributed by atoms with Gasteiger partial charge in [-0.1, -0.05) is 13.3 Å². The normalized spacial score (nSPS) is 22.7. The van der Waals surface area contributed by atoms with Gasteiger partial charge in [-0.15, -0.1) is 11.8 Å². The highest BCUT2D eigenvalue weighted by atomic mass is 32.2. The fourth-order valence-corrected chi connectivity index (χ4v) is 7.50. The number of hydrogen-bond donors (Lipinski definition) is 1. The highest BCUT2D eigenvalue weighted by Crippen LogP contribution is 2.37. The van der Waals surface area contributed by atoms with E-state index in [0.717, 1.165) is 37.2 Å². The summed E-state index contributed by atoms with van der Waals surface area (Å²) in [5, 5.41) is 2.94. The van der Waals surface area contributed by atoms with Gasteiger partial charge < -0.3 is 15.1 Å². The third kappa shape index (κ3) is 6.39. The van der Waals surface area contributed by atoms with Crippen molar-refractivity contribution in [3.63, 3.8) is 0 Å². The van der Waals surface area contributed by atoms with E-state index in [1.165, 1.54) is 40.2 Å². The Labute approximate surface area is 213 Å². The van der Waals surface area contributed by atoms with Gasteiger partial charge in [-0.05, 0) is 69.7 Å². The number of carbonyl (C=O) groups excluding carboxylic acids is 2. The van der Waals surface area contributed by atoms with Crippen molar-refractivity contribution >= 4 is 39.3 Å². The second-order valence-electron chi connectivity index (χ2n) is 10.1. The van der Waals surface area contributed by atoms with Crippen molar-refractivity contribution in [1.29, 1.82) is 0 Å². The molecule has 0 aromatic heterocycles. The van der Waals surface area contributed by atoms with Gasteiger partial charge in [0.25, 0.3) is 0 Å². The zero-order valence-electron chi connectivity index (χ0n) is 20.9. The van der Waals surface area contributed by atoms with E-state index in [-0.39, 0.29) is 29.0 Å². The summed E-state index contributed by atoms with van der Waals surface area (Å²) < 4.78 is 28.0. The number of thioether (sulfide) groups is 1. The fraction of sp³-hybridized carbons (Fsp3) is 0.680. The Hall–Kier alpha value is -1.62. The van der Waals surface area contributed by atoms with E-state index in [1.54, 1.807) is 18.2 Å². The van der Waals surface area contributed by atoms with Gasteiger partial charge in [-0.25, -0.2) is 8.42 Å². The highest BCUT2D eigenvalue weighted by molar-refractivity contribution is 8.00. The van der Waals surface area contributed by atoms with Crippen molar-refractivity contribution in [1.82, 2.24) is 14.5 Å². The first kappa shape index (κ1) is 26.4. The second-order valence-corrected chi connectivity index (χ2v) is 13.0. The number of likely N-dealkylation sites (tertiary alicyclic amines) is 1. The molecule has 35 heavy (non-hydrogen) atoms. The molecule has 0 bridgehead atoms. The molecule has 1 aromatic rings. The Kier molecular flexibility index (Phi) is 8.78. The molecule has 10 heteroatoms. The summed E-state index contributed by atoms with van der Waals surface area (Å²) in [7, 11) is -3.64. The molecule has 3 aliphatic rings. The summed E-state index contributed by atoms with van der Waals surface area (Å²) in [5.74, 6) is 0.363. The van der Waals surface area contributed by atoms with E-state index in [9.17, 15) is 18.0 Å². The zero-order chi connectivity index (χ0) is 25.0. The number of piperidine rings is 2. The van der Waals surface area contributed by atoms with Gasteiger partial charge >= 0.3 is 0 Å². The average molecular weight is 523 g/mol. The molecule has 1 atom stereocenters. The molecule has 0 unspecified atom stereocenters. The average Bonchev–Trinajstić information content (AvgIpc) is 2.84. The molecule has 1 N–H and O–H groups in total. The van der Waals surface area contributed by atoms with Crippen LogP contribution in [0.5, 0.6) is 0 Å². The van der Waals surface area contributed by atoms with Crippen LogP contribution in [0, 0.1) is 5.92 Å². The Balaban J connectivity index is 1.38. The molecule has 8 nitrogen and oxygen atoms in total. The van der Waals surface area contributed by atoms with Crippen LogP contribution in [0.15, 0.2) is 28.0 Å². The quantitative estimate of drug-likeness (QED) is 0.528. The molecule has 194 valence electrons. The molecule has 2 fully saturated rings. The minimum Gasteiger partial charge on any atom is -0.355 e. The number of nitrogens with zero attached hydrogens (tertiary/aromatic N) is 3. The fourth-order valence-electron chi connectivity index (χ4n) is 5.09. The molecule has 2 saturated heterocycles. The minimum atomic E-state index is -3.64. The first-order valence-electron chi connectivity index (χ1n) is 12.8. The zero-order valence-corrected chi connectivity index (χ0v) is 22.5. The van der Waals surface area contributed by atoms with Crippen LogP contribution in [0.25, 0.3) is 0 Å². The van der Waals surface area contributed by atoms with E-state index < -0.39 is 10.0 Å². The number of rotatable bonds is 8. The SMILES string of the molecule is CC1CCN(S(=O)(=O)c2ccc3c(c2)N(CC(=O)NCCCN2CCCC[C@H]2C)C(=O)CS3)CC1. The van der Waals surface area contributed by atoms with Crippen molar-refractivity contribution in [3.05, 3.63) is 18.2 Å². The summed E-state index contributed by atoms with van der Waals surface area (Å²) in [6.07, 6.45) is 6.32. The first-order chi connectivity index (χ1) is 16.8. The lowest BCUT2D eigenvalue weighted by atomic mass is 10.0. The van der Waals surface area contributed by atoms with Crippen LogP contribution >= 0.6 is 11.8 Å². The molecule has 0 saturated carbocycles. The maximum Gasteiger partial charge on any atom is 0.243 e. The van der Waals surface area contributed by atoms with Crippen molar-refractivity contribution in [2.45, 2.75) is 68.2 Å². The van der Waals surface area contributed by atoms with Crippen molar-refractivity contribution < 1.29 is 18.0 Å². The maximum atomic E-state index is 13.3. The Bertz CT molecular complexity index is 1020. The van der Waals surface area contributed by atoms with Gasteiger partial charge in [0, 0.05) is 37.1 Å². The van der Waals surface area contributed by atoms with Crippen LogP contribution in [0.2, 0.25) is 0 Å². The predicted octanol–water partition coefficient (Wildman–Crippen LogP) is 2.93. The summed E-state index contributed by atoms with van der Waals surface area (Å²) >= 11 is 1.38. The molecule has 0 radical (unpaired) electrons. The summed E-state index contributed by atoms with van der Waals surface area (Å²) in [6.45, 7) is 7.96. The number of amides is 2. The first-order valence-corrected chi connectivity index (χ1v) is 15.3. The molecular formula is C25H38N4O4S2. The summed E-state index contributed by atoms with van der Waals surface area (Å²) in [6, 6.07) is 5.54. The van der Waals surface area contributed by atoms with Gasteiger partial charge in [0.05, 0.1) is 16.3 Å². The van der Waals surface area contributed by atoms with Crippen LogP contribution in [-0.2, 0) is 19.6 Å². The van der Waals surface area contributed by atoms with Crippen molar-refractivity contribution in [3.8, 4) is 0 Å². The Morgan fingerprint density at radius 1 is 1.11 bits per heavy atom. The van der Waals surface area contributed by atoms with E-state index in [4.69, 9.17) is 0 Å². The van der Waals surface area contributed by atoms with Crippen LogP contribution in [0.3, 0.4) is 0 Å². The van der Waals surface area contributed by atoms with Crippen molar-refractivity contribution in [2.24, 2.45) is 5.92 Å². The lowest BCUT2D eigenvalue weighted by molar-refractivity contribution is -0.123. The van der Waals surface area contributed by atoms with Crippen LogP contribution < -0.4 is 10.2 Å². The van der Waals surface area contributed by atoms with Gasteiger partial charge in [0.2, 0.25) is 21.8 Å². The van der Waals surface area contributed by atoms with Gasteiger partial charge in [0.1, 0.15) is 6.54 Å². The smallest absolute Gasteiger partial charge is 0.243 e. The molecular weight excluding hydrogens is 484 g/mol. The number of nitrogens with one attached hydrogen (secondary N) is 1. The molecule has 3 heterocycles. The predicted molar refractivity (Wildman–Crippen MR) is 139 cm³/mol. The summed E-state index contributed by atoms with van der Waals surface area (Å²) in [5.41, 5.74) is 0.509. The number of fused-ring (bicyclic) bond motifs is 1. The van der Waals surface area contributed by atoms with Crippen LogP contribution in [-0.4, -0.2) is 80.5 Å². The number of hydrogen-bond acceptors (Lipinski definition) is 6. The topological polar surface area (TPSA) is 90.0 Å². The van der Waals surface area contributed by atoms with E-state index >= 15 is 0 Å². The van der Waals surface area contributed by atoms with E-state index in [2.05, 4.69) is 24.1 Å². The number of benzene rings is 1. The molecule has 3 aliphatic heterocycles. The van der Waals surface area contributed by atoms with E-state index in [0.29, 0.717) is 37.3 Å². The molecule has 0 aliphatic carbocycles. The molecule has 4 rings (SSSR count). The number of carbonyl (C=O) groups is 2. The standard InChI is InChI=1S/C25H38N4O4S2/c1-19-9-14-28(15-10-19)35(32,33)21-7-8-23-22(16-21)29(25(31)18-34-23)17-24(30)26-11-5-13-27-12-4-3-6-20(27)2/h7-8,16,19-20H,3-6,9-15,17-18H2,1-2H3,(H,26,30)/t20-/m1/s1. The molecule has 0 spiro atoms. The Morgan fingerprint density at radius 3 is 2.63 bits per heavy atom. The Morgan fingerprint density at radius 2 is 1.89 bits per heavy atom. The van der Waals surface area contributed by atoms with Gasteiger partial charge in [-0.2, -0.15) is 4.31 Å². The van der Waals surface area contributed by atoms with Crippen molar-refractivity contribution in [2.75, 3.05) is 49.9 Å². The minimum absolute atomic E-state index is 0.1000. The maximum absolute atomic E-state index is 13.3. The monoisotopic (exact) mass is 522 g/mol. The molecule has 2 amide bonds. The third-order valence-electron chi connectivity index (χ3n) is 7.44. The lowest BCUT2D eigenvalue weighted by Crippen LogP contribution is -2.44. The lowest BCUT2D eigenvalue weighted by Gasteiger charge is -2.33. The second kappa shape index (κ2) is 11.6. The third-order valence-corrected chi connectivity index (χ3v) is 10.4. The van der Waals surface area contributed by atoms with Crippen LogP contribution in [0.1, 0.15) is 52.4 Å². The van der Waals surface area contributed by atoms with Gasteiger partial charge in [0.15, 0.2) is 0 Å². The van der Waals surface area contributed by atoms with Crippen LogP contribution in [0.4, 0.5) is 5.69 Å². The van der Waals surface area contributed by atoms with Gasteiger partial charge in [-0.3, -0.25) is 9.59 Å². The molecule has 1 aromatic carbocycles. The highest BCUT2D eigenvalue weighted by Gasteiger charge is 2.32. The summed E-state index contributed by atoms with van der Waals surface area (Å²) in [4.78, 5) is 30.3. The number of sulfonamides is 1. The number of anilines is 1. The largest absolute Gasteiger partial charge is 0.355 e.